The molecule has 1 atom stereocenters. The molecule has 0 bridgehead atoms. The molecule has 52 heavy (non-hydrogen) atoms. The average Bonchev–Trinajstić information content (AvgIpc) is 3.51. The lowest BCUT2D eigenvalue weighted by Gasteiger charge is -2.25. The number of amides is 4. The van der Waals surface area contributed by atoms with Crippen LogP contribution in [-0.4, -0.2) is 60.0 Å². The van der Waals surface area contributed by atoms with E-state index < -0.39 is 23.0 Å². The van der Waals surface area contributed by atoms with Crippen molar-refractivity contribution in [2.24, 2.45) is 0 Å². The normalized spacial score (nSPS) is 13.0. The van der Waals surface area contributed by atoms with Crippen LogP contribution in [0.3, 0.4) is 0 Å². The van der Waals surface area contributed by atoms with Crippen LogP contribution in [0.4, 0.5) is 10.7 Å². The number of nitrogens with one attached hydrogen (secondary N) is 3. The van der Waals surface area contributed by atoms with Gasteiger partial charge >= 0.3 is 5.97 Å². The Kier molecular flexibility index (Phi) is 12.9. The number of hydrogen-bond acceptors (Lipinski definition) is 9. The second-order valence-electron chi connectivity index (χ2n) is 11.7. The number of para-hydroxylation sites is 1. The van der Waals surface area contributed by atoms with Gasteiger partial charge in [-0.2, -0.15) is 0 Å². The number of thiophene rings is 1. The van der Waals surface area contributed by atoms with Gasteiger partial charge in [0.2, 0.25) is 11.8 Å². The van der Waals surface area contributed by atoms with E-state index in [9.17, 15) is 24.0 Å². The van der Waals surface area contributed by atoms with Gasteiger partial charge in [-0.1, -0.05) is 49.4 Å². The van der Waals surface area contributed by atoms with Crippen molar-refractivity contribution in [3.05, 3.63) is 112 Å². The Balaban J connectivity index is 1.34. The van der Waals surface area contributed by atoms with E-state index in [4.69, 9.17) is 9.47 Å². The maximum Gasteiger partial charge on any atom is 0.341 e. The molecule has 5 rings (SSSR count). The Hall–Kier alpha value is -5.40. The first-order valence-corrected chi connectivity index (χ1v) is 18.5. The molecule has 1 aromatic heterocycles. The number of anilines is 2. The van der Waals surface area contributed by atoms with Crippen molar-refractivity contribution >= 4 is 69.5 Å². The van der Waals surface area contributed by atoms with Crippen molar-refractivity contribution in [1.29, 1.82) is 0 Å². The number of thioether (sulfide) groups is 1. The Bertz CT molecular complexity index is 1990. The van der Waals surface area contributed by atoms with E-state index in [2.05, 4.69) is 16.0 Å². The first kappa shape index (κ1) is 37.8. The molecular formula is C39H40N4O7S2. The molecule has 0 saturated heterocycles. The summed E-state index contributed by atoms with van der Waals surface area (Å²) < 4.78 is 10.8. The monoisotopic (exact) mass is 740 g/mol. The molecule has 0 fully saturated rings. The highest BCUT2D eigenvalue weighted by atomic mass is 32.2. The highest BCUT2D eigenvalue weighted by Crippen LogP contribution is 2.38. The van der Waals surface area contributed by atoms with Crippen molar-refractivity contribution in [3.63, 3.8) is 0 Å². The van der Waals surface area contributed by atoms with Crippen molar-refractivity contribution in [2.75, 3.05) is 30.9 Å². The first-order valence-electron chi connectivity index (χ1n) is 16.8. The van der Waals surface area contributed by atoms with Gasteiger partial charge in [0, 0.05) is 40.1 Å². The maximum absolute atomic E-state index is 13.7. The Labute approximate surface area is 310 Å². The standard InChI is InChI=1S/C39H40N4O7S2/c1-5-32(37(47)42-38-34(39(48)49-4)29-19-20-43(24(3)44)23-33(29)52-38)51-28-17-12-16-27(22-28)40-36(46)30(41-35(45)25-13-8-7-9-14-25)21-26-15-10-11-18-31(26)50-6-2/h7-18,21-22,32H,5-6,19-20,23H2,1-4H3,(H,40,46)(H,41,45)(H,42,47)/b30-21+. The van der Waals surface area contributed by atoms with E-state index in [1.165, 1.54) is 37.1 Å². The zero-order valence-corrected chi connectivity index (χ0v) is 31.0. The summed E-state index contributed by atoms with van der Waals surface area (Å²) in [5.41, 5.74) is 2.59. The third kappa shape index (κ3) is 9.28. The van der Waals surface area contributed by atoms with E-state index in [-0.39, 0.29) is 17.5 Å². The van der Waals surface area contributed by atoms with Gasteiger partial charge in [-0.05, 0) is 67.8 Å². The zero-order valence-electron chi connectivity index (χ0n) is 29.3. The Morgan fingerprint density at radius 1 is 0.962 bits per heavy atom. The van der Waals surface area contributed by atoms with Crippen LogP contribution in [-0.2, 0) is 32.1 Å². The van der Waals surface area contributed by atoms with E-state index in [1.54, 1.807) is 71.6 Å². The molecule has 4 amide bonds. The molecule has 0 aliphatic carbocycles. The summed E-state index contributed by atoms with van der Waals surface area (Å²) in [7, 11) is 1.30. The summed E-state index contributed by atoms with van der Waals surface area (Å²) >= 11 is 2.60. The molecule has 0 radical (unpaired) electrons. The SMILES string of the molecule is CCOc1ccccc1/C=C(/NC(=O)c1ccccc1)C(=O)Nc1cccc(SC(CC)C(=O)Nc2sc3c(c2C(=O)OC)CCN(C(C)=O)C3)c1. The summed E-state index contributed by atoms with van der Waals surface area (Å²) in [4.78, 5) is 68.6. The molecule has 1 aliphatic rings. The number of ether oxygens (including phenoxy) is 2. The lowest BCUT2D eigenvalue weighted by atomic mass is 10.0. The van der Waals surface area contributed by atoms with Crippen LogP contribution < -0.4 is 20.7 Å². The van der Waals surface area contributed by atoms with Crippen molar-refractivity contribution in [3.8, 4) is 5.75 Å². The Morgan fingerprint density at radius 2 is 1.71 bits per heavy atom. The molecule has 4 aromatic rings. The van der Waals surface area contributed by atoms with Gasteiger partial charge in [-0.25, -0.2) is 4.79 Å². The summed E-state index contributed by atoms with van der Waals surface area (Å²) in [6.07, 6.45) is 2.53. The van der Waals surface area contributed by atoms with E-state index in [0.29, 0.717) is 65.7 Å². The molecule has 1 unspecified atom stereocenters. The van der Waals surface area contributed by atoms with Crippen LogP contribution >= 0.6 is 23.1 Å². The predicted octanol–water partition coefficient (Wildman–Crippen LogP) is 6.76. The number of nitrogens with zero attached hydrogens (tertiary/aromatic N) is 1. The highest BCUT2D eigenvalue weighted by molar-refractivity contribution is 8.00. The van der Waals surface area contributed by atoms with E-state index >= 15 is 0 Å². The van der Waals surface area contributed by atoms with Crippen LogP contribution in [0.25, 0.3) is 6.08 Å². The third-order valence-corrected chi connectivity index (χ3v) is 10.7. The number of fused-ring (bicyclic) bond motifs is 1. The van der Waals surface area contributed by atoms with Gasteiger partial charge < -0.3 is 30.3 Å². The lowest BCUT2D eigenvalue weighted by Crippen LogP contribution is -2.34. The largest absolute Gasteiger partial charge is 0.493 e. The molecule has 1 aliphatic heterocycles. The number of rotatable bonds is 13. The van der Waals surface area contributed by atoms with Crippen molar-refractivity contribution in [1.82, 2.24) is 10.2 Å². The van der Waals surface area contributed by atoms with Crippen LogP contribution in [0.15, 0.2) is 89.5 Å². The summed E-state index contributed by atoms with van der Waals surface area (Å²) in [5.74, 6) is -1.33. The first-order chi connectivity index (χ1) is 25.1. The number of esters is 1. The summed E-state index contributed by atoms with van der Waals surface area (Å²) in [5, 5.41) is 8.45. The number of methoxy groups -OCH3 is 1. The minimum atomic E-state index is -0.553. The minimum Gasteiger partial charge on any atom is -0.493 e. The quantitative estimate of drug-likeness (QED) is 0.0776. The van der Waals surface area contributed by atoms with Gasteiger partial charge in [-0.15, -0.1) is 23.1 Å². The highest BCUT2D eigenvalue weighted by Gasteiger charge is 2.31. The number of carbonyl (C=O) groups excluding carboxylic acids is 5. The molecule has 3 N–H and O–H groups in total. The third-order valence-electron chi connectivity index (χ3n) is 8.21. The molecular weight excluding hydrogens is 701 g/mol. The molecule has 13 heteroatoms. The van der Waals surface area contributed by atoms with E-state index in [1.807, 2.05) is 32.0 Å². The van der Waals surface area contributed by atoms with Gasteiger partial charge in [0.25, 0.3) is 11.8 Å². The fourth-order valence-corrected chi connectivity index (χ4v) is 7.86. The van der Waals surface area contributed by atoms with Crippen molar-refractivity contribution < 1.29 is 33.4 Å². The number of benzene rings is 3. The lowest BCUT2D eigenvalue weighted by molar-refractivity contribution is -0.129. The van der Waals surface area contributed by atoms with Crippen LogP contribution in [0.2, 0.25) is 0 Å². The van der Waals surface area contributed by atoms with Crippen LogP contribution in [0.5, 0.6) is 5.75 Å². The molecule has 2 heterocycles. The van der Waals surface area contributed by atoms with Gasteiger partial charge in [0.15, 0.2) is 0 Å². The van der Waals surface area contributed by atoms with Gasteiger partial charge in [-0.3, -0.25) is 19.2 Å². The smallest absolute Gasteiger partial charge is 0.341 e. The summed E-state index contributed by atoms with van der Waals surface area (Å²) in [6.45, 7) is 6.53. The van der Waals surface area contributed by atoms with Crippen LogP contribution in [0.1, 0.15) is 63.9 Å². The maximum atomic E-state index is 13.7. The predicted molar refractivity (Wildman–Crippen MR) is 204 cm³/mol. The zero-order chi connectivity index (χ0) is 37.2. The van der Waals surface area contributed by atoms with Gasteiger partial charge in [0.05, 0.1) is 31.1 Å². The summed E-state index contributed by atoms with van der Waals surface area (Å²) in [6, 6.07) is 22.9. The Morgan fingerprint density at radius 3 is 2.42 bits per heavy atom. The molecule has 0 spiro atoms. The van der Waals surface area contributed by atoms with Crippen LogP contribution in [0, 0.1) is 0 Å². The fraction of sp³-hybridized carbons (Fsp3) is 0.256. The second-order valence-corrected chi connectivity index (χ2v) is 14.1. The van der Waals surface area contributed by atoms with Gasteiger partial charge in [0.1, 0.15) is 16.4 Å². The number of carbonyl (C=O) groups is 5. The molecule has 0 saturated carbocycles. The molecule has 11 nitrogen and oxygen atoms in total. The van der Waals surface area contributed by atoms with Crippen molar-refractivity contribution in [2.45, 2.75) is 50.3 Å². The molecule has 270 valence electrons. The second kappa shape index (κ2) is 17.7. The topological polar surface area (TPSA) is 143 Å². The number of hydrogen-bond donors (Lipinski definition) is 3. The minimum absolute atomic E-state index is 0.0105. The fourth-order valence-electron chi connectivity index (χ4n) is 5.59. The molecule has 3 aromatic carbocycles. The average molecular weight is 741 g/mol. The van der Waals surface area contributed by atoms with E-state index in [0.717, 1.165) is 15.3 Å².